The topological polar surface area (TPSA) is 92.1 Å². The molecule has 0 bridgehead atoms. The summed E-state index contributed by atoms with van der Waals surface area (Å²) in [7, 11) is 0. The van der Waals surface area contributed by atoms with E-state index in [-0.39, 0.29) is 6.04 Å². The summed E-state index contributed by atoms with van der Waals surface area (Å²) in [4.78, 5) is 7.92. The number of hydrogen-bond acceptors (Lipinski definition) is 7. The van der Waals surface area contributed by atoms with E-state index >= 15 is 0 Å². The number of anilines is 2. The van der Waals surface area contributed by atoms with E-state index in [9.17, 15) is 0 Å². The molecular weight excluding hydrogens is 312 g/mol. The van der Waals surface area contributed by atoms with E-state index in [1.807, 2.05) is 12.1 Å². The first-order valence-corrected chi connectivity index (χ1v) is 8.88. The molecule has 124 valence electrons. The third-order valence-electron chi connectivity index (χ3n) is 3.76. The van der Waals surface area contributed by atoms with Crippen molar-refractivity contribution >= 4 is 23.4 Å². The fourth-order valence-electron chi connectivity index (χ4n) is 2.48. The van der Waals surface area contributed by atoms with Gasteiger partial charge in [-0.05, 0) is 24.5 Å². The second-order valence-electron chi connectivity index (χ2n) is 5.28. The number of hydrogen-bond donors (Lipinski definition) is 3. The lowest BCUT2D eigenvalue weighted by molar-refractivity contribution is 0.122. The van der Waals surface area contributed by atoms with E-state index < -0.39 is 0 Å². The van der Waals surface area contributed by atoms with Gasteiger partial charge in [-0.3, -0.25) is 5.10 Å². The summed E-state index contributed by atoms with van der Waals surface area (Å²) >= 11 is 1.71. The Morgan fingerprint density at radius 2 is 2.26 bits per heavy atom. The first kappa shape index (κ1) is 16.1. The fraction of sp³-hybridized carbons (Fsp3) is 0.467. The molecule has 2 heterocycles. The summed E-state index contributed by atoms with van der Waals surface area (Å²) < 4.78 is 5.36. The molecule has 1 atom stereocenters. The van der Waals surface area contributed by atoms with Crippen LogP contribution >= 0.6 is 11.8 Å². The van der Waals surface area contributed by atoms with Gasteiger partial charge in [-0.15, -0.1) is 16.9 Å². The minimum absolute atomic E-state index is 0.102. The van der Waals surface area contributed by atoms with E-state index in [1.54, 1.807) is 11.8 Å². The predicted octanol–water partition coefficient (Wildman–Crippen LogP) is 1.48. The van der Waals surface area contributed by atoms with Crippen molar-refractivity contribution < 1.29 is 4.74 Å². The Kier molecular flexibility index (Phi) is 5.37. The van der Waals surface area contributed by atoms with Crippen LogP contribution in [0.1, 0.15) is 11.9 Å². The summed E-state index contributed by atoms with van der Waals surface area (Å²) in [6, 6.07) is 8.14. The molecule has 0 saturated carbocycles. The highest BCUT2D eigenvalue weighted by Gasteiger charge is 2.19. The van der Waals surface area contributed by atoms with Crippen LogP contribution in [0, 0.1) is 0 Å². The number of thioether (sulfide) groups is 1. The van der Waals surface area contributed by atoms with Crippen LogP contribution in [0.3, 0.4) is 0 Å². The summed E-state index contributed by atoms with van der Waals surface area (Å²) in [5.74, 6) is 1.46. The van der Waals surface area contributed by atoms with Crippen LogP contribution in [0.15, 0.2) is 29.2 Å². The number of benzene rings is 1. The first-order valence-electron chi connectivity index (χ1n) is 7.66. The van der Waals surface area contributed by atoms with Crippen molar-refractivity contribution in [2.45, 2.75) is 10.9 Å². The van der Waals surface area contributed by atoms with Crippen molar-refractivity contribution in [3.05, 3.63) is 30.1 Å². The summed E-state index contributed by atoms with van der Waals surface area (Å²) in [5, 5.41) is 10.8. The van der Waals surface area contributed by atoms with Gasteiger partial charge < -0.3 is 20.7 Å². The molecule has 8 heteroatoms. The number of nitrogens with one attached hydrogen (secondary N) is 2. The van der Waals surface area contributed by atoms with Crippen molar-refractivity contribution in [1.82, 2.24) is 15.2 Å². The lowest BCUT2D eigenvalue weighted by Crippen LogP contribution is -2.37. The third kappa shape index (κ3) is 3.95. The Morgan fingerprint density at radius 3 is 3.00 bits per heavy atom. The van der Waals surface area contributed by atoms with Crippen LogP contribution in [0.5, 0.6) is 0 Å². The van der Waals surface area contributed by atoms with Gasteiger partial charge in [-0.1, -0.05) is 6.07 Å². The molecule has 4 N–H and O–H groups in total. The highest BCUT2D eigenvalue weighted by atomic mass is 32.2. The number of nitrogens with zero attached hydrogens (tertiary/aromatic N) is 3. The molecule has 1 fully saturated rings. The van der Waals surface area contributed by atoms with Gasteiger partial charge in [0.2, 0.25) is 5.95 Å². The van der Waals surface area contributed by atoms with Crippen molar-refractivity contribution in [3.63, 3.8) is 0 Å². The maximum atomic E-state index is 5.92. The molecule has 1 saturated heterocycles. The Bertz CT molecular complexity index is 628. The first-order chi connectivity index (χ1) is 11.3. The monoisotopic (exact) mass is 334 g/mol. The Balaban J connectivity index is 1.71. The van der Waals surface area contributed by atoms with Gasteiger partial charge >= 0.3 is 0 Å². The molecule has 1 aliphatic heterocycles. The molecule has 0 radical (unpaired) electrons. The van der Waals surface area contributed by atoms with Crippen LogP contribution < -0.4 is 16.0 Å². The lowest BCUT2D eigenvalue weighted by Gasteiger charge is -2.25. The Morgan fingerprint density at radius 1 is 1.43 bits per heavy atom. The highest BCUT2D eigenvalue weighted by molar-refractivity contribution is 7.98. The summed E-state index contributed by atoms with van der Waals surface area (Å²) in [5.41, 5.74) is 6.95. The zero-order valence-corrected chi connectivity index (χ0v) is 14.0. The molecule has 1 aliphatic rings. The van der Waals surface area contributed by atoms with Gasteiger partial charge in [-0.25, -0.2) is 0 Å². The number of nitrogens with two attached hydrogens (primary N) is 1. The quantitative estimate of drug-likeness (QED) is 0.689. The van der Waals surface area contributed by atoms with Crippen LogP contribution in [0.2, 0.25) is 0 Å². The lowest BCUT2D eigenvalue weighted by atomic mass is 10.2. The van der Waals surface area contributed by atoms with Gasteiger partial charge in [0.05, 0.1) is 19.3 Å². The Labute approximate surface area is 140 Å². The van der Waals surface area contributed by atoms with Gasteiger partial charge in [0.15, 0.2) is 0 Å². The molecule has 3 rings (SSSR count). The maximum absolute atomic E-state index is 5.92. The minimum Gasteiger partial charge on any atom is -0.378 e. The zero-order valence-electron chi connectivity index (χ0n) is 13.2. The average molecular weight is 334 g/mol. The molecule has 2 aromatic rings. The normalized spacial score (nSPS) is 16.3. The largest absolute Gasteiger partial charge is 0.378 e. The molecule has 0 spiro atoms. The van der Waals surface area contributed by atoms with E-state index in [0.717, 1.165) is 24.6 Å². The average Bonchev–Trinajstić information content (AvgIpc) is 3.10. The third-order valence-corrected chi connectivity index (χ3v) is 4.49. The van der Waals surface area contributed by atoms with E-state index in [1.165, 1.54) is 4.90 Å². The standard InChI is InChI=1S/C15H22N6OS/c1-23-12-4-2-3-11(9-12)17-13(10-16)14-18-15(20-19-14)21-5-7-22-8-6-21/h2-4,9,13,17H,5-8,10,16H2,1H3,(H,18,19,20). The van der Waals surface area contributed by atoms with Crippen LogP contribution in [-0.2, 0) is 4.74 Å². The molecule has 0 aliphatic carbocycles. The van der Waals surface area contributed by atoms with Crippen LogP contribution in [0.25, 0.3) is 0 Å². The molecule has 0 amide bonds. The molecule has 7 nitrogen and oxygen atoms in total. The molecular formula is C15H22N6OS. The Hall–Kier alpha value is -1.77. The number of ether oxygens (including phenoxy) is 1. The predicted molar refractivity (Wildman–Crippen MR) is 93.1 cm³/mol. The van der Waals surface area contributed by atoms with E-state index in [0.29, 0.717) is 25.7 Å². The maximum Gasteiger partial charge on any atom is 0.244 e. The zero-order chi connectivity index (χ0) is 16.1. The van der Waals surface area contributed by atoms with E-state index in [4.69, 9.17) is 10.5 Å². The second-order valence-corrected chi connectivity index (χ2v) is 6.16. The smallest absolute Gasteiger partial charge is 0.244 e. The molecule has 23 heavy (non-hydrogen) atoms. The van der Waals surface area contributed by atoms with Crippen molar-refractivity contribution in [1.29, 1.82) is 0 Å². The SMILES string of the molecule is CSc1cccc(NC(CN)c2nc(N3CCOCC3)n[nH]2)c1. The van der Waals surface area contributed by atoms with Crippen LogP contribution in [0.4, 0.5) is 11.6 Å². The van der Waals surface area contributed by atoms with E-state index in [2.05, 4.69) is 43.8 Å². The van der Waals surface area contributed by atoms with Crippen molar-refractivity contribution in [2.24, 2.45) is 5.73 Å². The van der Waals surface area contributed by atoms with Gasteiger partial charge in [0, 0.05) is 30.2 Å². The number of H-pyrrole nitrogens is 1. The molecule has 1 unspecified atom stereocenters. The molecule has 1 aromatic heterocycles. The fourth-order valence-corrected chi connectivity index (χ4v) is 2.94. The van der Waals surface area contributed by atoms with Crippen LogP contribution in [-0.4, -0.2) is 54.3 Å². The highest BCUT2D eigenvalue weighted by Crippen LogP contribution is 2.22. The number of morpholine rings is 1. The minimum atomic E-state index is -0.102. The second kappa shape index (κ2) is 7.67. The van der Waals surface area contributed by atoms with Gasteiger partial charge in [0.1, 0.15) is 5.82 Å². The van der Waals surface area contributed by atoms with Gasteiger partial charge in [-0.2, -0.15) is 4.98 Å². The van der Waals surface area contributed by atoms with Gasteiger partial charge in [0.25, 0.3) is 0 Å². The summed E-state index contributed by atoms with van der Waals surface area (Å²) in [6.07, 6.45) is 2.06. The summed E-state index contributed by atoms with van der Waals surface area (Å²) in [6.45, 7) is 3.48. The number of aromatic nitrogens is 3. The number of aromatic amines is 1. The van der Waals surface area contributed by atoms with Crippen molar-refractivity contribution in [2.75, 3.05) is 49.3 Å². The number of rotatable bonds is 6. The van der Waals surface area contributed by atoms with Crippen molar-refractivity contribution in [3.8, 4) is 0 Å². The molecule has 1 aromatic carbocycles.